The van der Waals surface area contributed by atoms with Crippen LogP contribution in [0.3, 0.4) is 0 Å². The Labute approximate surface area is 125 Å². The maximum Gasteiger partial charge on any atom is 0.129 e. The standard InChI is InChI=1S/C18H21F2N/c1-4-21-18(16-9-12(2)5-6-13(16)3)10-14-7-8-15(19)11-17(14)20/h5-9,11,18,21H,4,10H2,1-3H3. The smallest absolute Gasteiger partial charge is 0.129 e. The normalized spacial score (nSPS) is 12.4. The Kier molecular flexibility index (Phi) is 5.07. The summed E-state index contributed by atoms with van der Waals surface area (Å²) in [4.78, 5) is 0. The van der Waals surface area contributed by atoms with Gasteiger partial charge in [-0.3, -0.25) is 0 Å². The van der Waals surface area contributed by atoms with Crippen molar-refractivity contribution in [2.75, 3.05) is 6.54 Å². The summed E-state index contributed by atoms with van der Waals surface area (Å²) >= 11 is 0. The molecule has 0 fully saturated rings. The summed E-state index contributed by atoms with van der Waals surface area (Å²) in [6.45, 7) is 6.92. The van der Waals surface area contributed by atoms with Crippen molar-refractivity contribution in [3.63, 3.8) is 0 Å². The van der Waals surface area contributed by atoms with Crippen LogP contribution in [0.4, 0.5) is 8.78 Å². The van der Waals surface area contributed by atoms with E-state index in [2.05, 4.69) is 30.4 Å². The highest BCUT2D eigenvalue weighted by atomic mass is 19.1. The van der Waals surface area contributed by atoms with Crippen molar-refractivity contribution in [3.05, 3.63) is 70.3 Å². The highest BCUT2D eigenvalue weighted by molar-refractivity contribution is 5.34. The number of likely N-dealkylation sites (N-methyl/N-ethyl adjacent to an activating group) is 1. The average Bonchev–Trinajstić information content (AvgIpc) is 2.44. The van der Waals surface area contributed by atoms with Crippen molar-refractivity contribution in [1.29, 1.82) is 0 Å². The molecule has 2 aromatic carbocycles. The summed E-state index contributed by atoms with van der Waals surface area (Å²) < 4.78 is 26.9. The van der Waals surface area contributed by atoms with Crippen LogP contribution in [0.1, 0.15) is 35.2 Å². The van der Waals surface area contributed by atoms with Crippen molar-refractivity contribution in [2.24, 2.45) is 0 Å². The van der Waals surface area contributed by atoms with Crippen molar-refractivity contribution in [3.8, 4) is 0 Å². The fraction of sp³-hybridized carbons (Fsp3) is 0.333. The van der Waals surface area contributed by atoms with E-state index >= 15 is 0 Å². The molecule has 1 atom stereocenters. The van der Waals surface area contributed by atoms with E-state index in [-0.39, 0.29) is 6.04 Å². The van der Waals surface area contributed by atoms with E-state index in [0.29, 0.717) is 12.0 Å². The zero-order valence-electron chi connectivity index (χ0n) is 12.7. The van der Waals surface area contributed by atoms with E-state index in [0.717, 1.165) is 12.6 Å². The van der Waals surface area contributed by atoms with E-state index in [9.17, 15) is 8.78 Å². The molecule has 0 aromatic heterocycles. The summed E-state index contributed by atoms with van der Waals surface area (Å²) in [5, 5.41) is 3.40. The quantitative estimate of drug-likeness (QED) is 0.856. The van der Waals surface area contributed by atoms with Crippen LogP contribution >= 0.6 is 0 Å². The van der Waals surface area contributed by atoms with Gasteiger partial charge in [-0.25, -0.2) is 8.78 Å². The molecule has 0 amide bonds. The molecule has 3 heteroatoms. The molecule has 1 unspecified atom stereocenters. The molecule has 0 saturated heterocycles. The molecule has 0 radical (unpaired) electrons. The maximum absolute atomic E-state index is 13.9. The predicted molar refractivity (Wildman–Crippen MR) is 82.4 cm³/mol. The van der Waals surface area contributed by atoms with Crippen LogP contribution in [-0.4, -0.2) is 6.54 Å². The third-order valence-electron chi connectivity index (χ3n) is 3.70. The fourth-order valence-electron chi connectivity index (χ4n) is 2.58. The Bertz CT molecular complexity index is 623. The molecule has 1 N–H and O–H groups in total. The van der Waals surface area contributed by atoms with Crippen LogP contribution in [0.5, 0.6) is 0 Å². The zero-order chi connectivity index (χ0) is 15.4. The van der Waals surface area contributed by atoms with Gasteiger partial charge in [-0.1, -0.05) is 36.8 Å². The number of rotatable bonds is 5. The first-order chi connectivity index (χ1) is 10.0. The first kappa shape index (κ1) is 15.6. The minimum atomic E-state index is -0.539. The van der Waals surface area contributed by atoms with Crippen LogP contribution < -0.4 is 5.32 Å². The molecular formula is C18H21F2N. The lowest BCUT2D eigenvalue weighted by Gasteiger charge is -2.21. The van der Waals surface area contributed by atoms with Crippen molar-refractivity contribution in [1.82, 2.24) is 5.32 Å². The van der Waals surface area contributed by atoms with Gasteiger partial charge in [0.05, 0.1) is 0 Å². The summed E-state index contributed by atoms with van der Waals surface area (Å²) in [6.07, 6.45) is 0.504. The van der Waals surface area contributed by atoms with Gasteiger partial charge in [0, 0.05) is 12.1 Å². The summed E-state index contributed by atoms with van der Waals surface area (Å²) in [5.74, 6) is -1.02. The van der Waals surface area contributed by atoms with E-state index in [1.54, 1.807) is 0 Å². The van der Waals surface area contributed by atoms with Gasteiger partial charge in [0.2, 0.25) is 0 Å². The third-order valence-corrected chi connectivity index (χ3v) is 3.70. The molecule has 2 rings (SSSR count). The second-order valence-corrected chi connectivity index (χ2v) is 5.41. The average molecular weight is 289 g/mol. The molecule has 0 heterocycles. The number of benzene rings is 2. The van der Waals surface area contributed by atoms with Crippen molar-refractivity contribution >= 4 is 0 Å². The number of hydrogen-bond acceptors (Lipinski definition) is 1. The maximum atomic E-state index is 13.9. The second kappa shape index (κ2) is 6.81. The Hall–Kier alpha value is -1.74. The van der Waals surface area contributed by atoms with Gasteiger partial charge >= 0.3 is 0 Å². The molecule has 0 aliphatic rings. The number of nitrogens with one attached hydrogen (secondary N) is 1. The number of hydrogen-bond donors (Lipinski definition) is 1. The first-order valence-electron chi connectivity index (χ1n) is 7.25. The highest BCUT2D eigenvalue weighted by Gasteiger charge is 2.16. The molecule has 0 aliphatic carbocycles. The van der Waals surface area contributed by atoms with Gasteiger partial charge in [-0.2, -0.15) is 0 Å². The molecule has 0 spiro atoms. The monoisotopic (exact) mass is 289 g/mol. The molecule has 0 bridgehead atoms. The van der Waals surface area contributed by atoms with Crippen molar-refractivity contribution < 1.29 is 8.78 Å². The van der Waals surface area contributed by atoms with Crippen LogP contribution in [-0.2, 0) is 6.42 Å². The third kappa shape index (κ3) is 3.88. The van der Waals surface area contributed by atoms with Gasteiger partial charge in [0.15, 0.2) is 0 Å². The molecule has 21 heavy (non-hydrogen) atoms. The van der Waals surface area contributed by atoms with Crippen LogP contribution in [0.15, 0.2) is 36.4 Å². The van der Waals surface area contributed by atoms with Crippen LogP contribution in [0, 0.1) is 25.5 Å². The van der Waals surface area contributed by atoms with Crippen LogP contribution in [0.25, 0.3) is 0 Å². The van der Waals surface area contributed by atoms with E-state index in [4.69, 9.17) is 0 Å². The Morgan fingerprint density at radius 1 is 1.05 bits per heavy atom. The minimum absolute atomic E-state index is 0.0230. The fourth-order valence-corrected chi connectivity index (χ4v) is 2.58. The van der Waals surface area contributed by atoms with E-state index < -0.39 is 11.6 Å². The molecule has 0 saturated carbocycles. The Morgan fingerprint density at radius 3 is 2.48 bits per heavy atom. The predicted octanol–water partition coefficient (Wildman–Crippen LogP) is 4.47. The summed E-state index contributed by atoms with van der Waals surface area (Å²) in [6, 6.07) is 10.1. The Balaban J connectivity index is 2.32. The lowest BCUT2D eigenvalue weighted by Crippen LogP contribution is -2.24. The van der Waals surface area contributed by atoms with Gasteiger partial charge in [-0.15, -0.1) is 0 Å². The largest absolute Gasteiger partial charge is 0.310 e. The highest BCUT2D eigenvalue weighted by Crippen LogP contribution is 2.24. The molecule has 112 valence electrons. The number of aryl methyl sites for hydroxylation is 2. The van der Waals surface area contributed by atoms with Crippen molar-refractivity contribution in [2.45, 2.75) is 33.2 Å². The van der Waals surface area contributed by atoms with Gasteiger partial charge < -0.3 is 5.32 Å². The summed E-state index contributed by atoms with van der Waals surface area (Å²) in [5.41, 5.74) is 4.05. The van der Waals surface area contributed by atoms with E-state index in [1.165, 1.54) is 28.8 Å². The zero-order valence-corrected chi connectivity index (χ0v) is 12.7. The SMILES string of the molecule is CCNC(Cc1ccc(F)cc1F)c1cc(C)ccc1C. The summed E-state index contributed by atoms with van der Waals surface area (Å²) in [7, 11) is 0. The second-order valence-electron chi connectivity index (χ2n) is 5.41. The van der Waals surface area contributed by atoms with E-state index in [1.807, 2.05) is 13.8 Å². The molecule has 1 nitrogen and oxygen atoms in total. The lowest BCUT2D eigenvalue weighted by atomic mass is 9.93. The first-order valence-corrected chi connectivity index (χ1v) is 7.25. The van der Waals surface area contributed by atoms with Crippen LogP contribution in [0.2, 0.25) is 0 Å². The number of halogens is 2. The molecule has 2 aromatic rings. The van der Waals surface area contributed by atoms with Gasteiger partial charge in [0.25, 0.3) is 0 Å². The molecule has 0 aliphatic heterocycles. The lowest BCUT2D eigenvalue weighted by molar-refractivity contribution is 0.519. The minimum Gasteiger partial charge on any atom is -0.310 e. The van der Waals surface area contributed by atoms with Gasteiger partial charge in [-0.05, 0) is 49.6 Å². The molecular weight excluding hydrogens is 268 g/mol. The Morgan fingerprint density at radius 2 is 1.81 bits per heavy atom. The van der Waals surface area contributed by atoms with Gasteiger partial charge in [0.1, 0.15) is 11.6 Å². The topological polar surface area (TPSA) is 12.0 Å².